The van der Waals surface area contributed by atoms with Gasteiger partial charge >= 0.3 is 0 Å². The monoisotopic (exact) mass is 397 g/mol. The summed E-state index contributed by atoms with van der Waals surface area (Å²) < 4.78 is 0.786. The van der Waals surface area contributed by atoms with Crippen molar-refractivity contribution in [2.45, 2.75) is 43.2 Å². The molecule has 0 unspecified atom stereocenters. The number of carbonyl (C=O) groups excluding carboxylic acids is 1. The smallest absolute Gasteiger partial charge is 0.210 e. The van der Waals surface area contributed by atoms with Gasteiger partial charge in [0, 0.05) is 11.3 Å². The molecule has 0 aliphatic rings. The van der Waals surface area contributed by atoms with Gasteiger partial charge in [-0.2, -0.15) is 0 Å². The van der Waals surface area contributed by atoms with Gasteiger partial charge in [0.15, 0.2) is 10.1 Å². The van der Waals surface area contributed by atoms with Crippen LogP contribution in [0.2, 0.25) is 0 Å². The van der Waals surface area contributed by atoms with E-state index < -0.39 is 0 Å². The Morgan fingerprint density at radius 1 is 1.00 bits per heavy atom. The highest BCUT2D eigenvalue weighted by Crippen LogP contribution is 2.31. The number of hydrogen-bond donors (Lipinski definition) is 1. The maximum atomic E-state index is 12.6. The van der Waals surface area contributed by atoms with E-state index in [0.29, 0.717) is 0 Å². The van der Waals surface area contributed by atoms with Crippen molar-refractivity contribution < 1.29 is 4.79 Å². The van der Waals surface area contributed by atoms with Crippen molar-refractivity contribution in [1.29, 1.82) is 0 Å². The second-order valence-corrected chi connectivity index (χ2v) is 8.79. The molecule has 2 aromatic carbocycles. The number of carbonyl (C=O) groups is 1. The van der Waals surface area contributed by atoms with Crippen LogP contribution in [0.4, 0.5) is 10.8 Å². The number of ketones is 1. The van der Waals surface area contributed by atoms with E-state index >= 15 is 0 Å². The van der Waals surface area contributed by atoms with Crippen LogP contribution in [-0.4, -0.2) is 21.2 Å². The van der Waals surface area contributed by atoms with Crippen LogP contribution in [0.1, 0.15) is 42.3 Å². The van der Waals surface area contributed by atoms with E-state index in [4.69, 9.17) is 0 Å². The molecule has 0 fully saturated rings. The van der Waals surface area contributed by atoms with Gasteiger partial charge in [-0.05, 0) is 43.0 Å². The normalized spacial score (nSPS) is 12.0. The molecule has 1 atom stereocenters. The summed E-state index contributed by atoms with van der Waals surface area (Å²) in [6, 6.07) is 16.1. The van der Waals surface area contributed by atoms with Gasteiger partial charge < -0.3 is 5.32 Å². The lowest BCUT2D eigenvalue weighted by Crippen LogP contribution is -2.13. The average Bonchev–Trinajstić information content (AvgIpc) is 3.14. The Bertz CT molecular complexity index is 889. The Morgan fingerprint density at radius 2 is 1.59 bits per heavy atom. The fourth-order valence-electron chi connectivity index (χ4n) is 2.60. The third-order valence-corrected chi connectivity index (χ3v) is 6.34. The number of benzene rings is 2. The summed E-state index contributed by atoms with van der Waals surface area (Å²) in [7, 11) is 0. The lowest BCUT2D eigenvalue weighted by molar-refractivity contribution is 0.0994. The number of hydrogen-bond acceptors (Lipinski definition) is 6. The molecule has 0 spiro atoms. The topological polar surface area (TPSA) is 54.9 Å². The number of aromatic nitrogens is 2. The van der Waals surface area contributed by atoms with Crippen LogP contribution in [0.5, 0.6) is 0 Å². The molecule has 0 saturated carbocycles. The number of rotatable bonds is 8. The standard InChI is InChI=1S/C21H23N3OS2/c1-4-15-6-10-17(11-7-15)19(25)14(3)26-21-24-23-20(27-21)22-18-12-8-16(5-2)9-13-18/h6-14H,4-5H2,1-3H3,(H,22,23)/t14-/m1/s1. The van der Waals surface area contributed by atoms with Gasteiger partial charge in [0.25, 0.3) is 0 Å². The van der Waals surface area contributed by atoms with E-state index in [0.717, 1.165) is 33.6 Å². The minimum absolute atomic E-state index is 0.113. The molecule has 0 aliphatic heterocycles. The minimum atomic E-state index is -0.206. The zero-order chi connectivity index (χ0) is 19.2. The van der Waals surface area contributed by atoms with Gasteiger partial charge in [-0.3, -0.25) is 4.79 Å². The fraction of sp³-hybridized carbons (Fsp3) is 0.286. The summed E-state index contributed by atoms with van der Waals surface area (Å²) in [5, 5.41) is 12.2. The summed E-state index contributed by atoms with van der Waals surface area (Å²) in [5.41, 5.74) is 4.26. The Morgan fingerprint density at radius 3 is 2.19 bits per heavy atom. The minimum Gasteiger partial charge on any atom is -0.330 e. The Hall–Kier alpha value is -2.18. The van der Waals surface area contributed by atoms with Crippen molar-refractivity contribution in [3.05, 3.63) is 65.2 Å². The first kappa shape index (κ1) is 19.6. The Kier molecular flexibility index (Phi) is 6.63. The molecule has 27 heavy (non-hydrogen) atoms. The van der Waals surface area contributed by atoms with Crippen LogP contribution in [0.3, 0.4) is 0 Å². The van der Waals surface area contributed by atoms with Gasteiger partial charge in [-0.25, -0.2) is 0 Å². The summed E-state index contributed by atoms with van der Waals surface area (Å²) in [6.07, 6.45) is 1.99. The zero-order valence-electron chi connectivity index (χ0n) is 15.7. The first-order valence-electron chi connectivity index (χ1n) is 9.08. The summed E-state index contributed by atoms with van der Waals surface area (Å²) in [4.78, 5) is 12.6. The first-order chi connectivity index (χ1) is 13.1. The van der Waals surface area contributed by atoms with E-state index in [9.17, 15) is 4.79 Å². The summed E-state index contributed by atoms with van der Waals surface area (Å²) in [5.74, 6) is 0.113. The highest BCUT2D eigenvalue weighted by molar-refractivity contribution is 8.02. The Labute approximate surface area is 168 Å². The summed E-state index contributed by atoms with van der Waals surface area (Å²) in [6.45, 7) is 6.16. The van der Waals surface area contributed by atoms with Gasteiger partial charge in [0.1, 0.15) is 0 Å². The van der Waals surface area contributed by atoms with Gasteiger partial charge in [0.05, 0.1) is 5.25 Å². The molecule has 1 N–H and O–H groups in total. The van der Waals surface area contributed by atoms with Crippen molar-refractivity contribution in [1.82, 2.24) is 10.2 Å². The highest BCUT2D eigenvalue weighted by atomic mass is 32.2. The number of nitrogens with one attached hydrogen (secondary N) is 1. The number of anilines is 2. The molecule has 3 rings (SSSR count). The van der Waals surface area contributed by atoms with Crippen molar-refractivity contribution in [3.8, 4) is 0 Å². The zero-order valence-corrected chi connectivity index (χ0v) is 17.4. The van der Waals surface area contributed by atoms with Gasteiger partial charge in [-0.1, -0.05) is 73.3 Å². The average molecular weight is 398 g/mol. The Balaban J connectivity index is 1.60. The van der Waals surface area contributed by atoms with Crippen molar-refractivity contribution in [3.63, 3.8) is 0 Å². The van der Waals surface area contributed by atoms with E-state index in [1.807, 2.05) is 43.3 Å². The third-order valence-electron chi connectivity index (χ3n) is 4.31. The first-order valence-corrected chi connectivity index (χ1v) is 10.8. The quantitative estimate of drug-likeness (QED) is 0.386. The molecule has 140 valence electrons. The second-order valence-electron chi connectivity index (χ2n) is 6.22. The lowest BCUT2D eigenvalue weighted by atomic mass is 10.1. The molecule has 1 aromatic heterocycles. The van der Waals surface area contributed by atoms with Crippen molar-refractivity contribution >= 4 is 39.7 Å². The number of nitrogens with zero attached hydrogens (tertiary/aromatic N) is 2. The molecular weight excluding hydrogens is 374 g/mol. The molecule has 0 bridgehead atoms. The predicted molar refractivity (Wildman–Crippen MR) is 114 cm³/mol. The van der Waals surface area contributed by atoms with Gasteiger partial charge in [0.2, 0.25) is 5.13 Å². The maximum Gasteiger partial charge on any atom is 0.210 e. The molecule has 0 aliphatic carbocycles. The van der Waals surface area contributed by atoms with E-state index in [1.54, 1.807) is 0 Å². The number of aryl methyl sites for hydroxylation is 2. The molecule has 6 heteroatoms. The largest absolute Gasteiger partial charge is 0.330 e. The molecule has 3 aromatic rings. The molecule has 0 amide bonds. The lowest BCUT2D eigenvalue weighted by Gasteiger charge is -2.08. The van der Waals surface area contributed by atoms with Crippen molar-refractivity contribution in [2.24, 2.45) is 0 Å². The number of thioether (sulfide) groups is 1. The molecule has 0 radical (unpaired) electrons. The van der Waals surface area contributed by atoms with E-state index in [-0.39, 0.29) is 11.0 Å². The fourth-order valence-corrected chi connectivity index (χ4v) is 4.59. The van der Waals surface area contributed by atoms with Crippen LogP contribution in [0.25, 0.3) is 0 Å². The van der Waals surface area contributed by atoms with Crippen LogP contribution in [0, 0.1) is 0 Å². The molecular formula is C21H23N3OS2. The second kappa shape index (κ2) is 9.15. The summed E-state index contributed by atoms with van der Waals surface area (Å²) >= 11 is 2.91. The maximum absolute atomic E-state index is 12.6. The van der Waals surface area contributed by atoms with Crippen LogP contribution < -0.4 is 5.32 Å². The number of Topliss-reactive ketones (excluding diaryl/α,β-unsaturated/α-hetero) is 1. The third kappa shape index (κ3) is 5.17. The van der Waals surface area contributed by atoms with Crippen LogP contribution in [0.15, 0.2) is 52.9 Å². The van der Waals surface area contributed by atoms with Crippen LogP contribution >= 0.6 is 23.1 Å². The van der Waals surface area contributed by atoms with Crippen LogP contribution in [-0.2, 0) is 12.8 Å². The molecule has 0 saturated heterocycles. The van der Waals surface area contributed by atoms with E-state index in [1.165, 1.54) is 34.2 Å². The SMILES string of the molecule is CCc1ccc(Nc2nnc(S[C@H](C)C(=O)c3ccc(CC)cc3)s2)cc1. The van der Waals surface area contributed by atoms with Crippen molar-refractivity contribution in [2.75, 3.05) is 5.32 Å². The molecule has 4 nitrogen and oxygen atoms in total. The highest BCUT2D eigenvalue weighted by Gasteiger charge is 2.19. The molecule has 1 heterocycles. The van der Waals surface area contributed by atoms with Gasteiger partial charge in [-0.15, -0.1) is 10.2 Å². The van der Waals surface area contributed by atoms with E-state index in [2.05, 4.69) is 41.5 Å². The predicted octanol–water partition coefficient (Wildman–Crippen LogP) is 5.77.